The first-order valence-corrected chi connectivity index (χ1v) is 12.9. The minimum atomic E-state index is -5.08. The number of carbonyl (C=O) groups is 2. The van der Waals surface area contributed by atoms with Gasteiger partial charge in [0.1, 0.15) is 0 Å². The summed E-state index contributed by atoms with van der Waals surface area (Å²) in [5, 5.41) is 11.3. The number of unbranched alkanes of at least 4 members (excludes halogenated alkanes) is 7. The SMILES string of the molecule is CCCCCCCCCCc1ccc(-c2noc(C3CCN(C(=O)CN)C3)n2)cc1.O=C(O)C(F)(F)F. The Bertz CT molecular complexity index is 963. The highest BCUT2D eigenvalue weighted by Crippen LogP contribution is 2.28. The van der Waals surface area contributed by atoms with Crippen molar-refractivity contribution in [1.29, 1.82) is 0 Å². The maximum absolute atomic E-state index is 11.7. The van der Waals surface area contributed by atoms with E-state index in [2.05, 4.69) is 41.3 Å². The number of halogens is 3. The molecule has 1 saturated heterocycles. The Morgan fingerprint density at radius 3 is 2.24 bits per heavy atom. The van der Waals surface area contributed by atoms with E-state index in [1.165, 1.54) is 56.9 Å². The van der Waals surface area contributed by atoms with Crippen molar-refractivity contribution < 1.29 is 32.4 Å². The third-order valence-electron chi connectivity index (χ3n) is 6.28. The van der Waals surface area contributed by atoms with E-state index >= 15 is 0 Å². The second-order valence-electron chi connectivity index (χ2n) is 9.21. The largest absolute Gasteiger partial charge is 0.490 e. The summed E-state index contributed by atoms with van der Waals surface area (Å²) in [6, 6.07) is 8.49. The van der Waals surface area contributed by atoms with Crippen LogP contribution in [0.2, 0.25) is 0 Å². The van der Waals surface area contributed by atoms with E-state index in [0.717, 1.165) is 18.4 Å². The molecule has 3 rings (SSSR count). The molecular formula is C26H37F3N4O4. The number of hydrogen-bond donors (Lipinski definition) is 2. The molecule has 1 aliphatic heterocycles. The molecule has 11 heteroatoms. The average Bonchev–Trinajstić information content (AvgIpc) is 3.56. The smallest absolute Gasteiger partial charge is 0.475 e. The molecule has 1 amide bonds. The zero-order valence-electron chi connectivity index (χ0n) is 21.3. The van der Waals surface area contributed by atoms with Crippen LogP contribution in [0.4, 0.5) is 13.2 Å². The molecule has 0 aliphatic carbocycles. The van der Waals surface area contributed by atoms with Crippen LogP contribution >= 0.6 is 0 Å². The number of nitrogens with two attached hydrogens (primary N) is 1. The number of likely N-dealkylation sites (tertiary alicyclic amines) is 1. The molecule has 1 aliphatic rings. The first-order valence-electron chi connectivity index (χ1n) is 12.9. The molecule has 1 atom stereocenters. The molecule has 37 heavy (non-hydrogen) atoms. The number of rotatable bonds is 12. The van der Waals surface area contributed by atoms with E-state index in [9.17, 15) is 18.0 Å². The maximum atomic E-state index is 11.7. The fourth-order valence-electron chi connectivity index (χ4n) is 4.12. The first-order chi connectivity index (χ1) is 17.7. The predicted octanol–water partition coefficient (Wildman–Crippen LogP) is 5.33. The first kappa shape index (κ1) is 30.3. The Morgan fingerprint density at radius 1 is 1.08 bits per heavy atom. The summed E-state index contributed by atoms with van der Waals surface area (Å²) in [4.78, 5) is 27.0. The van der Waals surface area contributed by atoms with Gasteiger partial charge in [0.15, 0.2) is 0 Å². The topological polar surface area (TPSA) is 123 Å². The number of carboxylic acid groups (broad SMARTS) is 1. The number of alkyl halides is 3. The molecule has 3 N–H and O–H groups in total. The van der Waals surface area contributed by atoms with Crippen LogP contribution < -0.4 is 5.73 Å². The van der Waals surface area contributed by atoms with Crippen LogP contribution in [-0.2, 0) is 16.0 Å². The van der Waals surface area contributed by atoms with E-state index in [1.807, 2.05) is 0 Å². The Kier molecular flexibility index (Phi) is 12.5. The lowest BCUT2D eigenvalue weighted by Gasteiger charge is -2.13. The van der Waals surface area contributed by atoms with Gasteiger partial charge < -0.3 is 20.3 Å². The zero-order valence-corrected chi connectivity index (χ0v) is 21.3. The van der Waals surface area contributed by atoms with Crippen LogP contribution in [0, 0.1) is 0 Å². The lowest BCUT2D eigenvalue weighted by Crippen LogP contribution is -2.33. The van der Waals surface area contributed by atoms with Crippen molar-refractivity contribution in [3.8, 4) is 11.4 Å². The second kappa shape index (κ2) is 15.3. The number of benzene rings is 1. The van der Waals surface area contributed by atoms with Gasteiger partial charge in [-0.05, 0) is 24.8 Å². The number of nitrogens with zero attached hydrogens (tertiary/aromatic N) is 3. The highest BCUT2D eigenvalue weighted by molar-refractivity contribution is 5.78. The van der Waals surface area contributed by atoms with Gasteiger partial charge in [0.25, 0.3) is 0 Å². The van der Waals surface area contributed by atoms with E-state index in [1.54, 1.807) is 4.90 Å². The number of aryl methyl sites for hydroxylation is 1. The molecule has 0 bridgehead atoms. The van der Waals surface area contributed by atoms with Crippen LogP contribution in [0.3, 0.4) is 0 Å². The van der Waals surface area contributed by atoms with Crippen molar-refractivity contribution in [2.75, 3.05) is 19.6 Å². The molecule has 206 valence electrons. The summed E-state index contributed by atoms with van der Waals surface area (Å²) in [5.74, 6) is -1.45. The third-order valence-corrected chi connectivity index (χ3v) is 6.28. The van der Waals surface area contributed by atoms with Gasteiger partial charge >= 0.3 is 12.1 Å². The van der Waals surface area contributed by atoms with Gasteiger partial charge in [-0.2, -0.15) is 18.2 Å². The summed E-state index contributed by atoms with van der Waals surface area (Å²) in [6.07, 6.45) is 7.63. The lowest BCUT2D eigenvalue weighted by molar-refractivity contribution is -0.192. The Morgan fingerprint density at radius 2 is 1.68 bits per heavy atom. The summed E-state index contributed by atoms with van der Waals surface area (Å²) >= 11 is 0. The van der Waals surface area contributed by atoms with Gasteiger partial charge in [0, 0.05) is 18.7 Å². The third kappa shape index (κ3) is 10.5. The van der Waals surface area contributed by atoms with E-state index in [4.69, 9.17) is 20.2 Å². The number of hydrogen-bond acceptors (Lipinski definition) is 6. The molecule has 0 spiro atoms. The highest BCUT2D eigenvalue weighted by Gasteiger charge is 2.38. The molecule has 1 aromatic heterocycles. The van der Waals surface area contributed by atoms with Gasteiger partial charge in [0.2, 0.25) is 17.6 Å². The Balaban J connectivity index is 0.000000604. The van der Waals surface area contributed by atoms with Crippen LogP contribution in [-0.4, -0.2) is 57.8 Å². The number of carboxylic acids is 1. The van der Waals surface area contributed by atoms with Crippen molar-refractivity contribution in [2.45, 2.75) is 83.2 Å². The lowest BCUT2D eigenvalue weighted by atomic mass is 10.0. The highest BCUT2D eigenvalue weighted by atomic mass is 19.4. The molecule has 1 aromatic carbocycles. The zero-order chi connectivity index (χ0) is 27.3. The summed E-state index contributed by atoms with van der Waals surface area (Å²) < 4.78 is 37.2. The molecule has 0 radical (unpaired) electrons. The summed E-state index contributed by atoms with van der Waals surface area (Å²) in [7, 11) is 0. The van der Waals surface area contributed by atoms with E-state index in [0.29, 0.717) is 24.8 Å². The van der Waals surface area contributed by atoms with Crippen LogP contribution in [0.5, 0.6) is 0 Å². The monoisotopic (exact) mass is 526 g/mol. The fourth-order valence-corrected chi connectivity index (χ4v) is 4.12. The van der Waals surface area contributed by atoms with Gasteiger partial charge in [-0.1, -0.05) is 81.3 Å². The second-order valence-corrected chi connectivity index (χ2v) is 9.21. The molecule has 0 saturated carbocycles. The number of aromatic nitrogens is 2. The van der Waals surface area contributed by atoms with E-state index in [-0.39, 0.29) is 18.4 Å². The predicted molar refractivity (Wildman–Crippen MR) is 133 cm³/mol. The van der Waals surface area contributed by atoms with Crippen LogP contribution in [0.15, 0.2) is 28.8 Å². The minimum Gasteiger partial charge on any atom is -0.475 e. The molecule has 2 heterocycles. The van der Waals surface area contributed by atoms with Crippen LogP contribution in [0.1, 0.15) is 82.1 Å². The van der Waals surface area contributed by atoms with Gasteiger partial charge in [0.05, 0.1) is 12.5 Å². The molecule has 2 aromatic rings. The number of amides is 1. The van der Waals surface area contributed by atoms with Crippen LogP contribution in [0.25, 0.3) is 11.4 Å². The van der Waals surface area contributed by atoms with Gasteiger partial charge in [-0.25, -0.2) is 4.79 Å². The van der Waals surface area contributed by atoms with E-state index < -0.39 is 12.1 Å². The molecule has 1 unspecified atom stereocenters. The quantitative estimate of drug-likeness (QED) is 0.359. The van der Waals surface area contributed by atoms with Crippen molar-refractivity contribution in [3.05, 3.63) is 35.7 Å². The molecule has 8 nitrogen and oxygen atoms in total. The van der Waals surface area contributed by atoms with Crippen molar-refractivity contribution in [1.82, 2.24) is 15.0 Å². The molecular weight excluding hydrogens is 489 g/mol. The Labute approximate surface area is 215 Å². The summed E-state index contributed by atoms with van der Waals surface area (Å²) in [6.45, 7) is 3.62. The normalized spacial score (nSPS) is 15.4. The Hall–Kier alpha value is -2.95. The maximum Gasteiger partial charge on any atom is 0.490 e. The van der Waals surface area contributed by atoms with Crippen molar-refractivity contribution in [3.63, 3.8) is 0 Å². The van der Waals surface area contributed by atoms with Gasteiger partial charge in [-0.15, -0.1) is 0 Å². The summed E-state index contributed by atoms with van der Waals surface area (Å²) in [5.41, 5.74) is 7.78. The standard InChI is InChI=1S/C24H36N4O2.C2HF3O2/c1-2-3-4-5-6-7-8-9-10-19-11-13-20(14-12-19)23-26-24(30-27-23)21-15-16-28(18-21)22(29)17-25;3-2(4,5)1(6)7/h11-14,21H,2-10,15-18,25H2,1H3;(H,6,7). The van der Waals surface area contributed by atoms with Gasteiger partial charge in [-0.3, -0.25) is 4.79 Å². The number of aliphatic carboxylic acids is 1. The average molecular weight is 527 g/mol. The van der Waals surface area contributed by atoms with Crippen molar-refractivity contribution in [2.24, 2.45) is 5.73 Å². The number of carbonyl (C=O) groups excluding carboxylic acids is 1. The fraction of sp³-hybridized carbons (Fsp3) is 0.615. The molecule has 1 fully saturated rings. The van der Waals surface area contributed by atoms with Crippen molar-refractivity contribution >= 4 is 11.9 Å². The minimum absolute atomic E-state index is 0.0238.